The van der Waals surface area contributed by atoms with Crippen molar-refractivity contribution in [3.05, 3.63) is 60.8 Å². The largest absolute Gasteiger partial charge is 0.462 e. The summed E-state index contributed by atoms with van der Waals surface area (Å²) in [5.74, 6) is -0.989. The van der Waals surface area contributed by atoms with E-state index in [1.54, 1.807) is 0 Å². The summed E-state index contributed by atoms with van der Waals surface area (Å²) in [6.07, 6.45) is 35.4. The minimum absolute atomic E-state index is 0.0863. The summed E-state index contributed by atoms with van der Waals surface area (Å²) in [4.78, 5) is 25.8. The molecule has 0 spiro atoms. The maximum Gasteiger partial charge on any atom is 0.306 e. The van der Waals surface area contributed by atoms with E-state index in [0.717, 1.165) is 51.4 Å². The lowest BCUT2D eigenvalue weighted by Gasteiger charge is -2.42. The summed E-state index contributed by atoms with van der Waals surface area (Å²) in [6, 6.07) is 0. The lowest BCUT2D eigenvalue weighted by Crippen LogP contribution is -2.61. The number of ether oxygens (including phenoxy) is 6. The molecule has 0 aliphatic carbocycles. The van der Waals surface area contributed by atoms with Crippen LogP contribution in [0.1, 0.15) is 200 Å². The van der Waals surface area contributed by atoms with Gasteiger partial charge >= 0.3 is 11.9 Å². The molecular formula is C58H100O15. The highest BCUT2D eigenvalue weighted by Crippen LogP contribution is 2.27. The van der Waals surface area contributed by atoms with Gasteiger partial charge in [0.05, 0.1) is 19.8 Å². The fourth-order valence-electron chi connectivity index (χ4n) is 8.67. The number of allylic oxidation sites excluding steroid dienone is 10. The molecule has 4 unspecified atom stereocenters. The van der Waals surface area contributed by atoms with Crippen LogP contribution in [0.5, 0.6) is 0 Å². The molecule has 7 N–H and O–H groups in total. The molecule has 2 aliphatic rings. The molecule has 0 bridgehead atoms. The second-order valence-electron chi connectivity index (χ2n) is 19.7. The van der Waals surface area contributed by atoms with E-state index >= 15 is 0 Å². The molecule has 2 saturated heterocycles. The van der Waals surface area contributed by atoms with Gasteiger partial charge in [-0.1, -0.05) is 197 Å². The van der Waals surface area contributed by atoms with Crippen LogP contribution < -0.4 is 0 Å². The molecule has 0 aromatic rings. The first kappa shape index (κ1) is 66.3. The van der Waals surface area contributed by atoms with E-state index in [0.29, 0.717) is 19.3 Å². The van der Waals surface area contributed by atoms with Crippen LogP contribution in [-0.2, 0) is 38.0 Å². The van der Waals surface area contributed by atoms with Crippen LogP contribution >= 0.6 is 0 Å². The first-order chi connectivity index (χ1) is 35.5. The number of hydrogen-bond donors (Lipinski definition) is 7. The second-order valence-corrected chi connectivity index (χ2v) is 19.7. The summed E-state index contributed by atoms with van der Waals surface area (Å²) in [6.45, 7) is 2.44. The molecule has 0 saturated carbocycles. The zero-order valence-corrected chi connectivity index (χ0v) is 44.9. The van der Waals surface area contributed by atoms with Gasteiger partial charge in [0.25, 0.3) is 0 Å². The Balaban J connectivity index is 1.78. The van der Waals surface area contributed by atoms with Crippen molar-refractivity contribution < 1.29 is 73.8 Å². The third-order valence-electron chi connectivity index (χ3n) is 13.3. The number of unbranched alkanes of at least 4 members (excludes halogenated alkanes) is 20. The van der Waals surface area contributed by atoms with Gasteiger partial charge in [-0.05, 0) is 51.4 Å². The predicted octanol–water partition coefficient (Wildman–Crippen LogP) is 9.22. The van der Waals surface area contributed by atoms with Crippen LogP contribution in [0.15, 0.2) is 60.8 Å². The zero-order valence-electron chi connectivity index (χ0n) is 44.9. The average Bonchev–Trinajstić information content (AvgIpc) is 3.38. The van der Waals surface area contributed by atoms with Crippen LogP contribution in [-0.4, -0.2) is 142 Å². The quantitative estimate of drug-likeness (QED) is 0.0171. The first-order valence-corrected chi connectivity index (χ1v) is 28.4. The number of aliphatic hydroxyl groups excluding tert-OH is 7. The molecule has 15 heteroatoms. The van der Waals surface area contributed by atoms with Gasteiger partial charge in [-0.15, -0.1) is 0 Å². The highest BCUT2D eigenvalue weighted by Gasteiger charge is 2.47. The summed E-state index contributed by atoms with van der Waals surface area (Å²) < 4.78 is 33.6. The fourth-order valence-corrected chi connectivity index (χ4v) is 8.67. The maximum absolute atomic E-state index is 13.0. The smallest absolute Gasteiger partial charge is 0.306 e. The Labute approximate surface area is 439 Å². The third-order valence-corrected chi connectivity index (χ3v) is 13.3. The first-order valence-electron chi connectivity index (χ1n) is 28.4. The number of carbonyl (C=O) groups excluding carboxylic acids is 2. The number of carbonyl (C=O) groups is 2. The molecule has 2 heterocycles. The molecule has 2 rings (SSSR count). The van der Waals surface area contributed by atoms with Crippen molar-refractivity contribution in [3.8, 4) is 0 Å². The summed E-state index contributed by atoms with van der Waals surface area (Å²) >= 11 is 0. The molecule has 0 radical (unpaired) electrons. The molecule has 422 valence electrons. The van der Waals surface area contributed by atoms with Gasteiger partial charge in [0.15, 0.2) is 18.7 Å². The monoisotopic (exact) mass is 1040 g/mol. The highest BCUT2D eigenvalue weighted by molar-refractivity contribution is 5.70. The number of rotatable bonds is 44. The minimum Gasteiger partial charge on any atom is -0.462 e. The van der Waals surface area contributed by atoms with Gasteiger partial charge < -0.3 is 64.2 Å². The van der Waals surface area contributed by atoms with Gasteiger partial charge in [0, 0.05) is 12.8 Å². The Bertz CT molecular complexity index is 1500. The third kappa shape index (κ3) is 31.8. The average molecular weight is 1040 g/mol. The van der Waals surface area contributed by atoms with Gasteiger partial charge in [0.2, 0.25) is 0 Å². The Hall–Kier alpha value is -2.80. The van der Waals surface area contributed by atoms with E-state index in [-0.39, 0.29) is 19.4 Å². The molecule has 2 fully saturated rings. The number of hydrogen-bond acceptors (Lipinski definition) is 15. The minimum atomic E-state index is -1.78. The van der Waals surface area contributed by atoms with E-state index in [2.05, 4.69) is 62.5 Å². The summed E-state index contributed by atoms with van der Waals surface area (Å²) in [5.41, 5.74) is 0. The van der Waals surface area contributed by atoms with Crippen molar-refractivity contribution in [2.24, 2.45) is 0 Å². The van der Waals surface area contributed by atoms with E-state index in [1.807, 2.05) is 12.2 Å². The molecule has 0 aromatic carbocycles. The van der Waals surface area contributed by atoms with Gasteiger partial charge in [-0.2, -0.15) is 0 Å². The van der Waals surface area contributed by atoms with Crippen molar-refractivity contribution >= 4 is 11.9 Å². The molecular weight excluding hydrogens is 937 g/mol. The van der Waals surface area contributed by atoms with Crippen LogP contribution in [0.4, 0.5) is 0 Å². The lowest BCUT2D eigenvalue weighted by molar-refractivity contribution is -0.332. The summed E-state index contributed by atoms with van der Waals surface area (Å²) in [7, 11) is 0. The Morgan fingerprint density at radius 1 is 0.452 bits per heavy atom. The number of esters is 2. The van der Waals surface area contributed by atoms with E-state index in [4.69, 9.17) is 28.4 Å². The fraction of sp³-hybridized carbons (Fsp3) is 0.793. The Kier molecular flexibility index (Phi) is 40.3. The lowest BCUT2D eigenvalue weighted by atomic mass is 9.98. The van der Waals surface area contributed by atoms with Crippen molar-refractivity contribution in [1.82, 2.24) is 0 Å². The van der Waals surface area contributed by atoms with Crippen LogP contribution in [0.25, 0.3) is 0 Å². The SMILES string of the molecule is CC/C=C/C/C=C/C/C=C/C/C=C/C/C=C/CCCC(=O)O[C@@H](COC(=O)CCCCCCCCCCCCCCCCCCCCCC)CO[C@@H]1O[C@H](CO[C@@H]2O[C@H](CO)[C@H](O)C(O)C2O)[C@H](O)C(O)C1O. The molecule has 15 nitrogen and oxygen atoms in total. The number of aliphatic hydroxyl groups is 7. The zero-order chi connectivity index (χ0) is 53.2. The normalized spacial score (nSPS) is 25.3. The van der Waals surface area contributed by atoms with Gasteiger partial charge in [-0.25, -0.2) is 0 Å². The molecule has 2 aliphatic heterocycles. The second kappa shape index (κ2) is 44.3. The Morgan fingerprint density at radius 3 is 1.34 bits per heavy atom. The summed E-state index contributed by atoms with van der Waals surface area (Å²) in [5, 5.41) is 72.2. The molecule has 0 amide bonds. The van der Waals surface area contributed by atoms with Gasteiger partial charge in [-0.3, -0.25) is 9.59 Å². The maximum atomic E-state index is 13.0. The topological polar surface area (TPSA) is 231 Å². The van der Waals surface area contributed by atoms with Crippen LogP contribution in [0, 0.1) is 0 Å². The van der Waals surface area contributed by atoms with Crippen molar-refractivity contribution in [2.75, 3.05) is 26.4 Å². The van der Waals surface area contributed by atoms with Crippen molar-refractivity contribution in [1.29, 1.82) is 0 Å². The van der Waals surface area contributed by atoms with Gasteiger partial charge in [0.1, 0.15) is 55.4 Å². The van der Waals surface area contributed by atoms with E-state index < -0.39 is 99.3 Å². The van der Waals surface area contributed by atoms with Crippen LogP contribution in [0.3, 0.4) is 0 Å². The molecule has 0 aromatic heterocycles. The molecule has 73 heavy (non-hydrogen) atoms. The van der Waals surface area contributed by atoms with E-state index in [1.165, 1.54) is 103 Å². The van der Waals surface area contributed by atoms with Crippen molar-refractivity contribution in [2.45, 2.75) is 268 Å². The van der Waals surface area contributed by atoms with Crippen molar-refractivity contribution in [3.63, 3.8) is 0 Å². The highest BCUT2D eigenvalue weighted by atomic mass is 16.7. The molecule has 11 atom stereocenters. The Morgan fingerprint density at radius 2 is 0.863 bits per heavy atom. The predicted molar refractivity (Wildman–Crippen MR) is 284 cm³/mol. The standard InChI is InChI=1S/C58H100O15/c1-3-5-7-9-11-13-15-17-19-21-22-23-25-26-28-30-32-34-36-38-40-49(60)68-43-46(71-50(61)41-39-37-35-33-31-29-27-24-20-18-16-14-12-10-8-6-4-2)44-69-57-56(67)54(65)52(63)48(73-57)45-70-58-55(66)53(64)51(62)47(42-59)72-58/h6,8,12,14,18,20,27,29,33,35,46-48,51-59,62-67H,3-5,7,9-11,13,15-17,19,21-26,28,30-32,34,36-45H2,1-2H3/b8-6+,14-12+,20-18+,29-27+,35-33+/t46-,47+,48+,51-,52-,53?,54?,55?,56?,57+,58+/m0/s1. The van der Waals surface area contributed by atoms with Crippen LogP contribution in [0.2, 0.25) is 0 Å². The van der Waals surface area contributed by atoms with E-state index in [9.17, 15) is 45.3 Å².